The van der Waals surface area contributed by atoms with Gasteiger partial charge in [0.05, 0.1) is 32.6 Å². The second-order valence-corrected chi connectivity index (χ2v) is 4.82. The van der Waals surface area contributed by atoms with Gasteiger partial charge in [-0.2, -0.15) is 5.10 Å². The minimum absolute atomic E-state index is 0.135. The zero-order valence-corrected chi connectivity index (χ0v) is 12.6. The maximum Gasteiger partial charge on any atom is 0.360 e. The molecule has 0 aliphatic carbocycles. The number of nitrogens with zero attached hydrogens (tertiary/aromatic N) is 5. The smallest absolute Gasteiger partial charge is 0.360 e. The lowest BCUT2D eigenvalue weighted by atomic mass is 10.2. The van der Waals surface area contributed by atoms with Crippen molar-refractivity contribution < 1.29 is 14.3 Å². The number of esters is 1. The molecule has 0 spiro atoms. The summed E-state index contributed by atoms with van der Waals surface area (Å²) in [7, 11) is 3.12. The Hall–Kier alpha value is -2.22. The maximum absolute atomic E-state index is 11.8. The molecule has 0 aliphatic rings. The summed E-state index contributed by atoms with van der Waals surface area (Å²) in [6.07, 6.45) is 3.59. The molecule has 0 saturated carbocycles. The lowest BCUT2D eigenvalue weighted by Gasteiger charge is -2.09. The van der Waals surface area contributed by atoms with Crippen molar-refractivity contribution >= 4 is 5.97 Å². The minimum Gasteiger partial charge on any atom is -0.464 e. The quantitative estimate of drug-likeness (QED) is 0.735. The summed E-state index contributed by atoms with van der Waals surface area (Å²) in [6, 6.07) is 0. The minimum atomic E-state index is -0.523. The van der Waals surface area contributed by atoms with Gasteiger partial charge in [-0.3, -0.25) is 4.68 Å². The SMILES string of the molecule is COC(=O)c1nnn(CCOC(C)C)c1-c1cnn(C)c1. The molecule has 0 N–H and O–H groups in total. The molecule has 0 unspecified atom stereocenters. The van der Waals surface area contributed by atoms with E-state index in [1.54, 1.807) is 28.8 Å². The van der Waals surface area contributed by atoms with E-state index in [1.165, 1.54) is 7.11 Å². The molecule has 0 amide bonds. The molecule has 8 nitrogen and oxygen atoms in total. The summed E-state index contributed by atoms with van der Waals surface area (Å²) in [5.74, 6) is -0.523. The molecule has 2 aromatic heterocycles. The second kappa shape index (κ2) is 6.49. The first-order valence-electron chi connectivity index (χ1n) is 6.65. The molecule has 0 bridgehead atoms. The molecule has 0 saturated heterocycles. The Bertz CT molecular complexity index is 617. The topological polar surface area (TPSA) is 84.1 Å². The van der Waals surface area contributed by atoms with E-state index in [-0.39, 0.29) is 11.8 Å². The van der Waals surface area contributed by atoms with E-state index in [1.807, 2.05) is 13.8 Å². The van der Waals surface area contributed by atoms with Crippen molar-refractivity contribution in [3.05, 3.63) is 18.1 Å². The van der Waals surface area contributed by atoms with E-state index in [2.05, 4.69) is 15.4 Å². The van der Waals surface area contributed by atoms with Crippen LogP contribution in [0.3, 0.4) is 0 Å². The van der Waals surface area contributed by atoms with E-state index < -0.39 is 5.97 Å². The third kappa shape index (κ3) is 3.46. The van der Waals surface area contributed by atoms with Gasteiger partial charge in [0.25, 0.3) is 0 Å². The van der Waals surface area contributed by atoms with Crippen LogP contribution >= 0.6 is 0 Å². The van der Waals surface area contributed by atoms with Crippen LogP contribution in [0.1, 0.15) is 24.3 Å². The van der Waals surface area contributed by atoms with Gasteiger partial charge in [-0.25, -0.2) is 9.48 Å². The molecule has 114 valence electrons. The lowest BCUT2D eigenvalue weighted by Crippen LogP contribution is -2.13. The van der Waals surface area contributed by atoms with Crippen LogP contribution in [0.5, 0.6) is 0 Å². The van der Waals surface area contributed by atoms with Gasteiger partial charge in [0, 0.05) is 18.8 Å². The van der Waals surface area contributed by atoms with Gasteiger partial charge in [0.2, 0.25) is 0 Å². The summed E-state index contributed by atoms with van der Waals surface area (Å²) in [5, 5.41) is 12.0. The Morgan fingerprint density at radius 2 is 2.19 bits per heavy atom. The zero-order chi connectivity index (χ0) is 15.4. The van der Waals surface area contributed by atoms with Gasteiger partial charge in [0.15, 0.2) is 5.69 Å². The molecular weight excluding hydrogens is 274 g/mol. The Kier molecular flexibility index (Phi) is 4.69. The fourth-order valence-electron chi connectivity index (χ4n) is 1.91. The predicted octanol–water partition coefficient (Wildman–Crippen LogP) is 0.890. The van der Waals surface area contributed by atoms with Crippen LogP contribution in [-0.4, -0.2) is 50.6 Å². The molecule has 8 heteroatoms. The summed E-state index contributed by atoms with van der Waals surface area (Å²) >= 11 is 0. The van der Waals surface area contributed by atoms with Crippen LogP contribution in [-0.2, 0) is 23.1 Å². The van der Waals surface area contributed by atoms with Crippen LogP contribution in [0.4, 0.5) is 0 Å². The lowest BCUT2D eigenvalue weighted by molar-refractivity contribution is 0.0594. The molecule has 21 heavy (non-hydrogen) atoms. The summed E-state index contributed by atoms with van der Waals surface area (Å²) in [5.41, 5.74) is 1.52. The first kappa shape index (κ1) is 15.2. The summed E-state index contributed by atoms with van der Waals surface area (Å²) < 4.78 is 13.5. The highest BCUT2D eigenvalue weighted by Gasteiger charge is 2.22. The van der Waals surface area contributed by atoms with Crippen molar-refractivity contribution in [3.8, 4) is 11.3 Å². The number of aromatic nitrogens is 5. The van der Waals surface area contributed by atoms with E-state index in [0.29, 0.717) is 18.8 Å². The van der Waals surface area contributed by atoms with E-state index in [9.17, 15) is 4.79 Å². The third-order valence-electron chi connectivity index (χ3n) is 2.85. The van der Waals surface area contributed by atoms with Crippen LogP contribution in [0.2, 0.25) is 0 Å². The van der Waals surface area contributed by atoms with Gasteiger partial charge in [-0.1, -0.05) is 5.21 Å². The van der Waals surface area contributed by atoms with Crippen LogP contribution in [0.25, 0.3) is 11.3 Å². The van der Waals surface area contributed by atoms with Crippen molar-refractivity contribution in [2.24, 2.45) is 7.05 Å². The number of methoxy groups -OCH3 is 1. The molecule has 0 fully saturated rings. The first-order valence-corrected chi connectivity index (χ1v) is 6.65. The molecule has 2 rings (SSSR count). The summed E-state index contributed by atoms with van der Waals surface area (Å²) in [6.45, 7) is 4.90. The number of carbonyl (C=O) groups excluding carboxylic acids is 1. The van der Waals surface area contributed by atoms with Crippen LogP contribution < -0.4 is 0 Å². The molecular formula is C13H19N5O3. The Morgan fingerprint density at radius 3 is 2.76 bits per heavy atom. The Balaban J connectivity index is 2.32. The van der Waals surface area contributed by atoms with Gasteiger partial charge < -0.3 is 9.47 Å². The van der Waals surface area contributed by atoms with Crippen molar-refractivity contribution in [2.75, 3.05) is 13.7 Å². The molecule has 2 aromatic rings. The standard InChI is InChI=1S/C13H19N5O3/c1-9(2)21-6-5-18-12(10-7-14-17(3)8-10)11(15-16-18)13(19)20-4/h7-9H,5-6H2,1-4H3. The van der Waals surface area contributed by atoms with Crippen LogP contribution in [0, 0.1) is 0 Å². The number of hydrogen-bond donors (Lipinski definition) is 0. The van der Waals surface area contributed by atoms with Crippen molar-refractivity contribution in [2.45, 2.75) is 26.5 Å². The fraction of sp³-hybridized carbons (Fsp3) is 0.538. The van der Waals surface area contributed by atoms with E-state index in [0.717, 1.165) is 5.56 Å². The molecule has 0 radical (unpaired) electrons. The second-order valence-electron chi connectivity index (χ2n) is 4.82. The van der Waals surface area contributed by atoms with E-state index in [4.69, 9.17) is 9.47 Å². The van der Waals surface area contributed by atoms with Gasteiger partial charge >= 0.3 is 5.97 Å². The number of carbonyl (C=O) groups is 1. The molecule has 0 aromatic carbocycles. The Morgan fingerprint density at radius 1 is 1.43 bits per heavy atom. The third-order valence-corrected chi connectivity index (χ3v) is 2.85. The zero-order valence-electron chi connectivity index (χ0n) is 12.6. The molecule has 0 atom stereocenters. The maximum atomic E-state index is 11.8. The highest BCUT2D eigenvalue weighted by Crippen LogP contribution is 2.22. The summed E-state index contributed by atoms with van der Waals surface area (Å²) in [4.78, 5) is 11.8. The number of ether oxygens (including phenoxy) is 2. The highest BCUT2D eigenvalue weighted by atomic mass is 16.5. The van der Waals surface area contributed by atoms with Gasteiger partial charge in [-0.15, -0.1) is 5.10 Å². The molecule has 2 heterocycles. The molecule has 0 aliphatic heterocycles. The van der Waals surface area contributed by atoms with Crippen molar-refractivity contribution in [1.29, 1.82) is 0 Å². The number of rotatable bonds is 6. The van der Waals surface area contributed by atoms with Gasteiger partial charge in [0.1, 0.15) is 5.69 Å². The fourth-order valence-corrected chi connectivity index (χ4v) is 1.91. The monoisotopic (exact) mass is 293 g/mol. The highest BCUT2D eigenvalue weighted by molar-refractivity contribution is 5.93. The van der Waals surface area contributed by atoms with E-state index >= 15 is 0 Å². The van der Waals surface area contributed by atoms with Gasteiger partial charge in [-0.05, 0) is 13.8 Å². The van der Waals surface area contributed by atoms with Crippen molar-refractivity contribution in [3.63, 3.8) is 0 Å². The number of aryl methyl sites for hydroxylation is 1. The first-order chi connectivity index (χ1) is 10.0. The number of hydrogen-bond acceptors (Lipinski definition) is 6. The Labute approximate surface area is 122 Å². The average Bonchev–Trinajstić information content (AvgIpc) is 3.03. The van der Waals surface area contributed by atoms with Crippen LogP contribution in [0.15, 0.2) is 12.4 Å². The average molecular weight is 293 g/mol. The van der Waals surface area contributed by atoms with Crippen molar-refractivity contribution in [1.82, 2.24) is 24.8 Å². The largest absolute Gasteiger partial charge is 0.464 e. The normalized spacial score (nSPS) is 11.1. The predicted molar refractivity (Wildman–Crippen MR) is 74.7 cm³/mol.